The minimum atomic E-state index is 0.162. The zero-order valence-electron chi connectivity index (χ0n) is 19.2. The van der Waals surface area contributed by atoms with Gasteiger partial charge in [-0.3, -0.25) is 9.69 Å². The van der Waals surface area contributed by atoms with Crippen molar-refractivity contribution in [3.05, 3.63) is 78.3 Å². The number of amides is 1. The lowest BCUT2D eigenvalue weighted by Crippen LogP contribution is -2.48. The van der Waals surface area contributed by atoms with Gasteiger partial charge in [-0.15, -0.1) is 0 Å². The molecule has 0 unspecified atom stereocenters. The predicted octanol–water partition coefficient (Wildman–Crippen LogP) is 4.53. The summed E-state index contributed by atoms with van der Waals surface area (Å²) in [6, 6.07) is 18.1. The zero-order valence-corrected chi connectivity index (χ0v) is 19.2. The van der Waals surface area contributed by atoms with Gasteiger partial charge >= 0.3 is 0 Å². The number of nitrogens with zero attached hydrogens (tertiary/aromatic N) is 3. The van der Waals surface area contributed by atoms with Gasteiger partial charge < -0.3 is 14.1 Å². The standard InChI is InChI=1S/C27H31N3O3/c1-2-32-24-12-10-23(11-13-24)25-21-28-26(33-25)14-15-27(31)30-19-17-29(18-20-30)16-6-9-22-7-4-3-5-8-22/h3-13,21H,2,14-20H2,1H3/b9-6+. The largest absolute Gasteiger partial charge is 0.494 e. The lowest BCUT2D eigenvalue weighted by Gasteiger charge is -2.34. The van der Waals surface area contributed by atoms with Crippen molar-refractivity contribution in [2.24, 2.45) is 0 Å². The second-order valence-corrected chi connectivity index (χ2v) is 8.07. The van der Waals surface area contributed by atoms with Crippen molar-refractivity contribution >= 4 is 12.0 Å². The Kier molecular flexibility index (Phi) is 7.93. The molecule has 1 fully saturated rings. The summed E-state index contributed by atoms with van der Waals surface area (Å²) >= 11 is 0. The Hall–Kier alpha value is -3.38. The maximum Gasteiger partial charge on any atom is 0.223 e. The van der Waals surface area contributed by atoms with Gasteiger partial charge in [-0.1, -0.05) is 42.5 Å². The molecule has 6 nitrogen and oxygen atoms in total. The summed E-state index contributed by atoms with van der Waals surface area (Å²) in [6.07, 6.45) is 6.98. The molecular weight excluding hydrogens is 414 g/mol. The first-order valence-corrected chi connectivity index (χ1v) is 11.6. The lowest BCUT2D eigenvalue weighted by molar-refractivity contribution is -0.132. The van der Waals surface area contributed by atoms with Gasteiger partial charge in [0, 0.05) is 51.1 Å². The number of hydrogen-bond acceptors (Lipinski definition) is 5. The van der Waals surface area contributed by atoms with Crippen LogP contribution < -0.4 is 4.74 Å². The molecule has 0 aliphatic carbocycles. The number of ether oxygens (including phenoxy) is 1. The third-order valence-corrected chi connectivity index (χ3v) is 5.75. The van der Waals surface area contributed by atoms with Gasteiger partial charge in [-0.25, -0.2) is 4.98 Å². The summed E-state index contributed by atoms with van der Waals surface area (Å²) in [6.45, 7) is 6.82. The molecule has 0 spiro atoms. The molecule has 33 heavy (non-hydrogen) atoms. The van der Waals surface area contributed by atoms with E-state index in [1.807, 2.05) is 54.3 Å². The molecule has 4 rings (SSSR count). The molecule has 0 radical (unpaired) electrons. The smallest absolute Gasteiger partial charge is 0.223 e. The average Bonchev–Trinajstić information content (AvgIpc) is 3.33. The fraction of sp³-hybridized carbons (Fsp3) is 0.333. The van der Waals surface area contributed by atoms with Crippen molar-refractivity contribution in [2.45, 2.75) is 19.8 Å². The Balaban J connectivity index is 1.19. The van der Waals surface area contributed by atoms with Crippen molar-refractivity contribution in [3.8, 4) is 17.1 Å². The number of rotatable bonds is 9. The number of aromatic nitrogens is 1. The van der Waals surface area contributed by atoms with Crippen LogP contribution in [0, 0.1) is 0 Å². The van der Waals surface area contributed by atoms with Crippen molar-refractivity contribution < 1.29 is 13.9 Å². The van der Waals surface area contributed by atoms with Crippen LogP contribution in [0.3, 0.4) is 0 Å². The topological polar surface area (TPSA) is 58.8 Å². The normalized spacial score (nSPS) is 14.6. The summed E-state index contributed by atoms with van der Waals surface area (Å²) < 4.78 is 11.3. The van der Waals surface area contributed by atoms with E-state index in [0.717, 1.165) is 44.0 Å². The number of hydrogen-bond donors (Lipinski definition) is 0. The van der Waals surface area contributed by atoms with Crippen LogP contribution in [0.25, 0.3) is 17.4 Å². The number of carbonyl (C=O) groups is 1. The number of aryl methyl sites for hydroxylation is 1. The number of carbonyl (C=O) groups excluding carboxylic acids is 1. The Labute approximate surface area is 195 Å². The van der Waals surface area contributed by atoms with E-state index in [-0.39, 0.29) is 5.91 Å². The maximum atomic E-state index is 12.7. The van der Waals surface area contributed by atoms with Crippen molar-refractivity contribution in [2.75, 3.05) is 39.3 Å². The molecule has 0 atom stereocenters. The summed E-state index contributed by atoms with van der Waals surface area (Å²) in [5, 5.41) is 0. The fourth-order valence-electron chi connectivity index (χ4n) is 3.90. The minimum absolute atomic E-state index is 0.162. The van der Waals surface area contributed by atoms with Gasteiger partial charge in [0.25, 0.3) is 0 Å². The second kappa shape index (κ2) is 11.5. The summed E-state index contributed by atoms with van der Waals surface area (Å²) in [7, 11) is 0. The molecule has 0 bridgehead atoms. The molecule has 3 aromatic rings. The van der Waals surface area contributed by atoms with E-state index in [1.54, 1.807) is 6.20 Å². The van der Waals surface area contributed by atoms with Gasteiger partial charge in [-0.2, -0.15) is 0 Å². The van der Waals surface area contributed by atoms with Gasteiger partial charge in [-0.05, 0) is 36.8 Å². The molecule has 0 saturated carbocycles. The number of oxazole rings is 1. The predicted molar refractivity (Wildman–Crippen MR) is 130 cm³/mol. The molecule has 1 aromatic heterocycles. The number of piperazine rings is 1. The monoisotopic (exact) mass is 445 g/mol. The van der Waals surface area contributed by atoms with E-state index in [0.29, 0.717) is 31.1 Å². The molecule has 1 aliphatic heterocycles. The zero-order chi connectivity index (χ0) is 22.9. The van der Waals surface area contributed by atoms with E-state index in [9.17, 15) is 4.79 Å². The van der Waals surface area contributed by atoms with E-state index >= 15 is 0 Å². The van der Waals surface area contributed by atoms with Gasteiger partial charge in [0.05, 0.1) is 12.8 Å². The first-order chi connectivity index (χ1) is 16.2. The van der Waals surface area contributed by atoms with Crippen LogP contribution in [0.2, 0.25) is 0 Å². The second-order valence-electron chi connectivity index (χ2n) is 8.07. The van der Waals surface area contributed by atoms with E-state index in [4.69, 9.17) is 9.15 Å². The molecular formula is C27H31N3O3. The highest BCUT2D eigenvalue weighted by molar-refractivity contribution is 5.76. The summed E-state index contributed by atoms with van der Waals surface area (Å²) in [5.41, 5.74) is 2.16. The Morgan fingerprint density at radius 3 is 2.55 bits per heavy atom. The highest BCUT2D eigenvalue weighted by atomic mass is 16.5. The van der Waals surface area contributed by atoms with Crippen LogP contribution in [-0.4, -0.2) is 60.0 Å². The van der Waals surface area contributed by atoms with Crippen LogP contribution in [0.1, 0.15) is 24.8 Å². The molecule has 6 heteroatoms. The quantitative estimate of drug-likeness (QED) is 0.484. The lowest BCUT2D eigenvalue weighted by atomic mass is 10.2. The molecule has 1 amide bonds. The average molecular weight is 446 g/mol. The Morgan fingerprint density at radius 2 is 1.82 bits per heavy atom. The molecule has 2 aromatic carbocycles. The van der Waals surface area contributed by atoms with Crippen molar-refractivity contribution in [3.63, 3.8) is 0 Å². The van der Waals surface area contributed by atoms with Crippen LogP contribution in [0.5, 0.6) is 5.75 Å². The minimum Gasteiger partial charge on any atom is -0.494 e. The Morgan fingerprint density at radius 1 is 1.06 bits per heavy atom. The SMILES string of the molecule is CCOc1ccc(-c2cnc(CCC(=O)N3CCN(C/C=C/c4ccccc4)CC3)o2)cc1. The molecule has 1 saturated heterocycles. The van der Waals surface area contributed by atoms with E-state index in [2.05, 4.69) is 34.2 Å². The fourth-order valence-corrected chi connectivity index (χ4v) is 3.90. The third-order valence-electron chi connectivity index (χ3n) is 5.75. The van der Waals surface area contributed by atoms with E-state index < -0.39 is 0 Å². The molecule has 1 aliphatic rings. The highest BCUT2D eigenvalue weighted by Crippen LogP contribution is 2.23. The van der Waals surface area contributed by atoms with Crippen LogP contribution >= 0.6 is 0 Å². The molecule has 0 N–H and O–H groups in total. The molecule has 172 valence electrons. The first kappa shape index (κ1) is 22.8. The first-order valence-electron chi connectivity index (χ1n) is 11.6. The van der Waals surface area contributed by atoms with Crippen LogP contribution in [0.15, 0.2) is 71.3 Å². The van der Waals surface area contributed by atoms with Crippen LogP contribution in [0.4, 0.5) is 0 Å². The van der Waals surface area contributed by atoms with Gasteiger partial charge in [0.2, 0.25) is 5.91 Å². The highest BCUT2D eigenvalue weighted by Gasteiger charge is 2.20. The maximum absolute atomic E-state index is 12.7. The third kappa shape index (κ3) is 6.56. The summed E-state index contributed by atoms with van der Waals surface area (Å²) in [4.78, 5) is 21.3. The van der Waals surface area contributed by atoms with Crippen molar-refractivity contribution in [1.82, 2.24) is 14.8 Å². The molecule has 2 heterocycles. The van der Waals surface area contributed by atoms with Crippen LogP contribution in [-0.2, 0) is 11.2 Å². The number of benzene rings is 2. The van der Waals surface area contributed by atoms with Gasteiger partial charge in [0.15, 0.2) is 11.7 Å². The summed E-state index contributed by atoms with van der Waals surface area (Å²) in [5.74, 6) is 2.30. The van der Waals surface area contributed by atoms with Crippen molar-refractivity contribution in [1.29, 1.82) is 0 Å². The van der Waals surface area contributed by atoms with E-state index in [1.165, 1.54) is 5.56 Å². The van der Waals surface area contributed by atoms with Gasteiger partial charge in [0.1, 0.15) is 5.75 Å². The Bertz CT molecular complexity index is 1040.